The highest BCUT2D eigenvalue weighted by Crippen LogP contribution is 2.31. The van der Waals surface area contributed by atoms with Gasteiger partial charge >= 0.3 is 0 Å². The van der Waals surface area contributed by atoms with Crippen LogP contribution >= 0.6 is 0 Å². The molecule has 2 aliphatic heterocycles. The Morgan fingerprint density at radius 2 is 1.74 bits per heavy atom. The number of nitrogens with one attached hydrogen (secondary N) is 2. The summed E-state index contributed by atoms with van der Waals surface area (Å²) < 4.78 is 0. The van der Waals surface area contributed by atoms with Gasteiger partial charge < -0.3 is 15.5 Å². The molecule has 0 aromatic rings. The summed E-state index contributed by atoms with van der Waals surface area (Å²) in [5.41, 5.74) is 0.270. The Hall–Kier alpha value is -0.810. The van der Waals surface area contributed by atoms with Gasteiger partial charge in [0.25, 0.3) is 0 Å². The molecule has 0 spiro atoms. The van der Waals surface area contributed by atoms with Crippen molar-refractivity contribution in [2.45, 2.75) is 64.5 Å². The van der Waals surface area contributed by atoms with Crippen LogP contribution in [0.25, 0.3) is 0 Å². The molecule has 2 heterocycles. The van der Waals surface area contributed by atoms with Gasteiger partial charge in [-0.15, -0.1) is 0 Å². The van der Waals surface area contributed by atoms with Gasteiger partial charge in [-0.2, -0.15) is 0 Å². The van der Waals surface area contributed by atoms with Gasteiger partial charge in [0.1, 0.15) is 0 Å². The summed E-state index contributed by atoms with van der Waals surface area (Å²) in [5.74, 6) is 0.970. The topological polar surface area (TPSA) is 42.9 Å². The number of hydrogen-bond acceptors (Lipinski definition) is 3. The highest BCUT2D eigenvalue weighted by molar-refractivity contribution is 5.80. The first-order valence-electron chi connectivity index (χ1n) is 9.54. The molecule has 0 aromatic carbocycles. The zero-order chi connectivity index (χ0) is 16.7. The fourth-order valence-corrected chi connectivity index (χ4v) is 3.80. The molecule has 0 bridgehead atoms. The van der Waals surface area contributed by atoms with E-state index in [9.17, 15) is 0 Å². The van der Waals surface area contributed by atoms with Gasteiger partial charge in [0, 0.05) is 18.1 Å². The van der Waals surface area contributed by atoms with Gasteiger partial charge in [-0.1, -0.05) is 6.42 Å². The summed E-state index contributed by atoms with van der Waals surface area (Å²) in [4.78, 5) is 10.2. The molecule has 2 N–H and O–H groups in total. The lowest BCUT2D eigenvalue weighted by Gasteiger charge is -2.49. The molecule has 5 nitrogen and oxygen atoms in total. The van der Waals surface area contributed by atoms with E-state index < -0.39 is 0 Å². The monoisotopic (exact) mass is 323 g/mol. The van der Waals surface area contributed by atoms with E-state index in [0.717, 1.165) is 19.0 Å². The zero-order valence-corrected chi connectivity index (χ0v) is 15.7. The van der Waals surface area contributed by atoms with Crippen molar-refractivity contribution < 1.29 is 0 Å². The average molecular weight is 324 g/mol. The number of likely N-dealkylation sites (tertiary alicyclic amines) is 2. The fourth-order valence-electron chi connectivity index (χ4n) is 3.80. The fraction of sp³-hybridized carbons (Fsp3) is 0.944. The number of aliphatic imine (C=N–C) groups is 1. The van der Waals surface area contributed by atoms with Crippen molar-refractivity contribution in [3.05, 3.63) is 0 Å². The molecule has 0 aromatic heterocycles. The Balaban J connectivity index is 2.09. The van der Waals surface area contributed by atoms with Gasteiger partial charge in [-0.3, -0.25) is 9.89 Å². The predicted octanol–water partition coefficient (Wildman–Crippen LogP) is 1.90. The quantitative estimate of drug-likeness (QED) is 0.599. The molecule has 2 aliphatic rings. The Labute approximate surface area is 142 Å². The third kappa shape index (κ3) is 5.35. The average Bonchev–Trinajstić information content (AvgIpc) is 2.55. The molecule has 0 aliphatic carbocycles. The van der Waals surface area contributed by atoms with E-state index in [1.165, 1.54) is 58.3 Å². The summed E-state index contributed by atoms with van der Waals surface area (Å²) in [6.45, 7) is 13.2. The molecule has 0 radical (unpaired) electrons. The molecule has 2 fully saturated rings. The number of nitrogens with zero attached hydrogens (tertiary/aromatic N) is 3. The molecule has 23 heavy (non-hydrogen) atoms. The molecule has 5 heteroatoms. The van der Waals surface area contributed by atoms with Gasteiger partial charge in [0.2, 0.25) is 0 Å². The maximum absolute atomic E-state index is 4.98. The number of guanidine groups is 1. The molecule has 0 amide bonds. The second-order valence-corrected chi connectivity index (χ2v) is 7.57. The Kier molecular flexibility index (Phi) is 7.15. The lowest BCUT2D eigenvalue weighted by molar-refractivity contribution is 0.0208. The highest BCUT2D eigenvalue weighted by atomic mass is 15.3. The standard InChI is InChI=1S/C18H37N5/c1-5-19-17(21-16(2)3)20-15-18(9-13-22(4)14-10-18)23-11-7-6-8-12-23/h16H,5-15H2,1-4H3,(H2,19,20,21). The largest absolute Gasteiger partial charge is 0.357 e. The molecule has 0 atom stereocenters. The summed E-state index contributed by atoms with van der Waals surface area (Å²) in [7, 11) is 2.24. The van der Waals surface area contributed by atoms with Crippen molar-refractivity contribution in [1.29, 1.82) is 0 Å². The first-order chi connectivity index (χ1) is 11.1. The second kappa shape index (κ2) is 8.88. The molecular weight excluding hydrogens is 286 g/mol. The first-order valence-corrected chi connectivity index (χ1v) is 9.54. The maximum atomic E-state index is 4.98. The summed E-state index contributed by atoms with van der Waals surface area (Å²) in [6, 6.07) is 0.413. The van der Waals surface area contributed by atoms with Crippen LogP contribution in [0.5, 0.6) is 0 Å². The Morgan fingerprint density at radius 1 is 1.09 bits per heavy atom. The molecule has 2 rings (SSSR count). The summed E-state index contributed by atoms with van der Waals surface area (Å²) in [5, 5.41) is 6.85. The predicted molar refractivity (Wildman–Crippen MR) is 99.1 cm³/mol. The molecule has 0 unspecified atom stereocenters. The zero-order valence-electron chi connectivity index (χ0n) is 15.7. The lowest BCUT2D eigenvalue weighted by Crippen LogP contribution is -2.58. The van der Waals surface area contributed by atoms with Crippen molar-refractivity contribution in [1.82, 2.24) is 20.4 Å². The van der Waals surface area contributed by atoms with E-state index in [1.807, 2.05) is 0 Å². The van der Waals surface area contributed by atoms with Gasteiger partial charge in [-0.25, -0.2) is 0 Å². The number of piperidine rings is 2. The van der Waals surface area contributed by atoms with E-state index in [2.05, 4.69) is 48.3 Å². The van der Waals surface area contributed by atoms with Crippen LogP contribution in [0.15, 0.2) is 4.99 Å². The van der Waals surface area contributed by atoms with Crippen LogP contribution in [0.2, 0.25) is 0 Å². The normalized spacial score (nSPS) is 24.0. The van der Waals surface area contributed by atoms with E-state index in [4.69, 9.17) is 4.99 Å². The van der Waals surface area contributed by atoms with Crippen LogP contribution in [-0.4, -0.2) is 73.7 Å². The SMILES string of the molecule is CCNC(=NCC1(N2CCCCC2)CCN(C)CC1)NC(C)C. The minimum absolute atomic E-state index is 0.270. The van der Waals surface area contributed by atoms with E-state index in [0.29, 0.717) is 6.04 Å². The number of hydrogen-bond donors (Lipinski definition) is 2. The van der Waals surface area contributed by atoms with Crippen LogP contribution in [-0.2, 0) is 0 Å². The van der Waals surface area contributed by atoms with E-state index in [1.54, 1.807) is 0 Å². The van der Waals surface area contributed by atoms with Crippen molar-refractivity contribution in [3.63, 3.8) is 0 Å². The van der Waals surface area contributed by atoms with Gasteiger partial charge in [0.05, 0.1) is 6.54 Å². The molecule has 134 valence electrons. The van der Waals surface area contributed by atoms with Crippen molar-refractivity contribution in [2.75, 3.05) is 46.3 Å². The smallest absolute Gasteiger partial charge is 0.191 e. The lowest BCUT2D eigenvalue weighted by atomic mass is 9.84. The van der Waals surface area contributed by atoms with Gasteiger partial charge in [0.15, 0.2) is 5.96 Å². The second-order valence-electron chi connectivity index (χ2n) is 7.57. The Bertz CT molecular complexity index is 366. The minimum atomic E-state index is 0.270. The molecule has 0 saturated carbocycles. The third-order valence-electron chi connectivity index (χ3n) is 5.25. The molecular formula is C18H37N5. The minimum Gasteiger partial charge on any atom is -0.357 e. The van der Waals surface area contributed by atoms with E-state index >= 15 is 0 Å². The van der Waals surface area contributed by atoms with Crippen LogP contribution in [0.1, 0.15) is 52.9 Å². The van der Waals surface area contributed by atoms with Crippen molar-refractivity contribution in [2.24, 2.45) is 4.99 Å². The van der Waals surface area contributed by atoms with Crippen LogP contribution in [0.3, 0.4) is 0 Å². The van der Waals surface area contributed by atoms with Crippen LogP contribution in [0, 0.1) is 0 Å². The van der Waals surface area contributed by atoms with Crippen LogP contribution in [0.4, 0.5) is 0 Å². The molecule has 2 saturated heterocycles. The summed E-state index contributed by atoms with van der Waals surface area (Å²) >= 11 is 0. The highest BCUT2D eigenvalue weighted by Gasteiger charge is 2.39. The third-order valence-corrected chi connectivity index (χ3v) is 5.25. The number of rotatable bonds is 5. The maximum Gasteiger partial charge on any atom is 0.191 e. The van der Waals surface area contributed by atoms with Crippen molar-refractivity contribution in [3.8, 4) is 0 Å². The van der Waals surface area contributed by atoms with Gasteiger partial charge in [-0.05, 0) is 79.7 Å². The first kappa shape index (κ1) is 18.5. The summed E-state index contributed by atoms with van der Waals surface area (Å²) in [6.07, 6.45) is 6.59. The van der Waals surface area contributed by atoms with Crippen molar-refractivity contribution >= 4 is 5.96 Å². The van der Waals surface area contributed by atoms with Crippen LogP contribution < -0.4 is 10.6 Å². The Morgan fingerprint density at radius 3 is 2.30 bits per heavy atom. The van der Waals surface area contributed by atoms with E-state index in [-0.39, 0.29) is 5.54 Å².